The number of hydrogen-bond acceptors (Lipinski definition) is 3. The molecule has 108 valence electrons. The van der Waals surface area contributed by atoms with E-state index in [0.29, 0.717) is 17.0 Å². The number of amides is 1. The van der Waals surface area contributed by atoms with Crippen molar-refractivity contribution in [3.05, 3.63) is 53.1 Å². The summed E-state index contributed by atoms with van der Waals surface area (Å²) in [5, 5.41) is 6.22. The number of aryl methyl sites for hydroxylation is 1. The smallest absolute Gasteiger partial charge is 0.255 e. The Morgan fingerprint density at radius 3 is 2.90 bits per heavy atom. The molecule has 1 amide bonds. The van der Waals surface area contributed by atoms with Gasteiger partial charge in [-0.25, -0.2) is 0 Å². The van der Waals surface area contributed by atoms with Gasteiger partial charge in [0.1, 0.15) is 5.75 Å². The molecule has 1 heterocycles. The van der Waals surface area contributed by atoms with Crippen molar-refractivity contribution in [3.63, 3.8) is 0 Å². The Morgan fingerprint density at radius 1 is 1.24 bits per heavy atom. The van der Waals surface area contributed by atoms with Crippen LogP contribution in [0.2, 0.25) is 0 Å². The molecule has 21 heavy (non-hydrogen) atoms. The minimum Gasteiger partial charge on any atom is -0.495 e. The lowest BCUT2D eigenvalue weighted by molar-refractivity contribution is 0.102. The molecule has 0 atom stereocenters. The average molecular weight is 282 g/mol. The largest absolute Gasteiger partial charge is 0.495 e. The normalized spacial score (nSPS) is 12.5. The molecule has 2 aromatic rings. The Bertz CT molecular complexity index is 695. The van der Waals surface area contributed by atoms with Gasteiger partial charge in [0.2, 0.25) is 0 Å². The summed E-state index contributed by atoms with van der Waals surface area (Å²) in [5.41, 5.74) is 4.75. The number of carbonyl (C=O) groups excluding carboxylic acids is 1. The molecule has 1 aliphatic heterocycles. The van der Waals surface area contributed by atoms with Crippen molar-refractivity contribution in [2.75, 3.05) is 24.3 Å². The summed E-state index contributed by atoms with van der Waals surface area (Å²) in [6.07, 6.45) is 0.963. The molecule has 0 aliphatic carbocycles. The van der Waals surface area contributed by atoms with Gasteiger partial charge in [-0.1, -0.05) is 6.07 Å². The number of nitrogens with one attached hydrogen (secondary N) is 2. The van der Waals surface area contributed by atoms with E-state index in [1.165, 1.54) is 5.56 Å². The molecular weight excluding hydrogens is 264 g/mol. The molecule has 2 aromatic carbocycles. The standard InChI is InChI=1S/C17H18N2O2/c1-11-3-6-16(21-2)15(9-11)19-17(20)13-4-5-14-12(10-13)7-8-18-14/h3-6,9-10,18H,7-8H2,1-2H3,(H,19,20). The third kappa shape index (κ3) is 2.70. The molecule has 4 nitrogen and oxygen atoms in total. The van der Waals surface area contributed by atoms with E-state index in [0.717, 1.165) is 24.2 Å². The second-order valence-corrected chi connectivity index (χ2v) is 5.21. The number of anilines is 2. The lowest BCUT2D eigenvalue weighted by atomic mass is 10.1. The Balaban J connectivity index is 1.85. The van der Waals surface area contributed by atoms with Crippen molar-refractivity contribution in [1.29, 1.82) is 0 Å². The van der Waals surface area contributed by atoms with Crippen molar-refractivity contribution < 1.29 is 9.53 Å². The van der Waals surface area contributed by atoms with E-state index in [4.69, 9.17) is 4.74 Å². The van der Waals surface area contributed by atoms with Gasteiger partial charge in [0.25, 0.3) is 5.91 Å². The molecule has 0 spiro atoms. The number of benzene rings is 2. The van der Waals surface area contributed by atoms with Gasteiger partial charge in [0, 0.05) is 17.8 Å². The van der Waals surface area contributed by atoms with Crippen LogP contribution in [0, 0.1) is 6.92 Å². The van der Waals surface area contributed by atoms with Gasteiger partial charge in [-0.3, -0.25) is 4.79 Å². The zero-order valence-electron chi connectivity index (χ0n) is 12.2. The van der Waals surface area contributed by atoms with E-state index >= 15 is 0 Å². The highest BCUT2D eigenvalue weighted by Gasteiger charge is 2.14. The predicted octanol–water partition coefficient (Wildman–Crippen LogP) is 3.22. The summed E-state index contributed by atoms with van der Waals surface area (Å²) in [4.78, 5) is 12.4. The maximum absolute atomic E-state index is 12.4. The quantitative estimate of drug-likeness (QED) is 0.908. The SMILES string of the molecule is COc1ccc(C)cc1NC(=O)c1ccc2c(c1)CCN2. The fourth-order valence-electron chi connectivity index (χ4n) is 2.56. The van der Waals surface area contributed by atoms with E-state index in [9.17, 15) is 4.79 Å². The molecule has 0 unspecified atom stereocenters. The van der Waals surface area contributed by atoms with Crippen molar-refractivity contribution in [1.82, 2.24) is 0 Å². The van der Waals surface area contributed by atoms with E-state index in [-0.39, 0.29) is 5.91 Å². The summed E-state index contributed by atoms with van der Waals surface area (Å²) in [7, 11) is 1.60. The highest BCUT2D eigenvalue weighted by molar-refractivity contribution is 6.05. The highest BCUT2D eigenvalue weighted by atomic mass is 16.5. The van der Waals surface area contributed by atoms with E-state index in [1.54, 1.807) is 7.11 Å². The second kappa shape index (κ2) is 5.48. The fourth-order valence-corrected chi connectivity index (χ4v) is 2.56. The van der Waals surface area contributed by atoms with Crippen LogP contribution in [0.1, 0.15) is 21.5 Å². The first kappa shape index (κ1) is 13.5. The average Bonchev–Trinajstić information content (AvgIpc) is 2.94. The minimum atomic E-state index is -0.117. The zero-order valence-corrected chi connectivity index (χ0v) is 12.2. The molecule has 0 radical (unpaired) electrons. The predicted molar refractivity (Wildman–Crippen MR) is 84.3 cm³/mol. The number of fused-ring (bicyclic) bond motifs is 1. The van der Waals surface area contributed by atoms with Crippen LogP contribution < -0.4 is 15.4 Å². The van der Waals surface area contributed by atoms with Crippen LogP contribution in [-0.4, -0.2) is 19.6 Å². The Hall–Kier alpha value is -2.49. The number of carbonyl (C=O) groups is 1. The van der Waals surface area contributed by atoms with Gasteiger partial charge in [-0.15, -0.1) is 0 Å². The van der Waals surface area contributed by atoms with Crippen molar-refractivity contribution in [2.45, 2.75) is 13.3 Å². The highest BCUT2D eigenvalue weighted by Crippen LogP contribution is 2.27. The monoisotopic (exact) mass is 282 g/mol. The van der Waals surface area contributed by atoms with Crippen LogP contribution in [0.4, 0.5) is 11.4 Å². The van der Waals surface area contributed by atoms with Crippen LogP contribution in [0.25, 0.3) is 0 Å². The summed E-state index contributed by atoms with van der Waals surface area (Å²) in [5.74, 6) is 0.547. The maximum Gasteiger partial charge on any atom is 0.255 e. The van der Waals surface area contributed by atoms with Crippen LogP contribution in [0.5, 0.6) is 5.75 Å². The zero-order chi connectivity index (χ0) is 14.8. The molecular formula is C17H18N2O2. The molecule has 2 N–H and O–H groups in total. The first-order chi connectivity index (χ1) is 10.2. The van der Waals surface area contributed by atoms with Gasteiger partial charge in [-0.05, 0) is 54.8 Å². The van der Waals surface area contributed by atoms with Crippen molar-refractivity contribution in [3.8, 4) is 5.75 Å². The first-order valence-corrected chi connectivity index (χ1v) is 7.00. The lowest BCUT2D eigenvalue weighted by Gasteiger charge is -2.11. The van der Waals surface area contributed by atoms with E-state index < -0.39 is 0 Å². The van der Waals surface area contributed by atoms with Gasteiger partial charge < -0.3 is 15.4 Å². The van der Waals surface area contributed by atoms with Crippen LogP contribution in [-0.2, 0) is 6.42 Å². The van der Waals surface area contributed by atoms with Gasteiger partial charge >= 0.3 is 0 Å². The third-order valence-corrected chi connectivity index (χ3v) is 3.68. The van der Waals surface area contributed by atoms with E-state index in [2.05, 4.69) is 10.6 Å². The molecule has 4 heteroatoms. The summed E-state index contributed by atoms with van der Waals surface area (Å²) in [6, 6.07) is 11.5. The Morgan fingerprint density at radius 2 is 2.10 bits per heavy atom. The number of methoxy groups -OCH3 is 1. The van der Waals surface area contributed by atoms with E-state index in [1.807, 2.05) is 43.3 Å². The maximum atomic E-state index is 12.4. The van der Waals surface area contributed by atoms with Crippen LogP contribution in [0.3, 0.4) is 0 Å². The fraction of sp³-hybridized carbons (Fsp3) is 0.235. The number of rotatable bonds is 3. The van der Waals surface area contributed by atoms with Crippen LogP contribution in [0.15, 0.2) is 36.4 Å². The van der Waals surface area contributed by atoms with Crippen LogP contribution >= 0.6 is 0 Å². The molecule has 0 saturated heterocycles. The van der Waals surface area contributed by atoms with Gasteiger partial charge in [0.05, 0.1) is 12.8 Å². The Labute approximate surface area is 124 Å². The number of ether oxygens (including phenoxy) is 1. The molecule has 3 rings (SSSR count). The number of hydrogen-bond donors (Lipinski definition) is 2. The summed E-state index contributed by atoms with van der Waals surface area (Å²) >= 11 is 0. The van der Waals surface area contributed by atoms with Gasteiger partial charge in [0.15, 0.2) is 0 Å². The third-order valence-electron chi connectivity index (χ3n) is 3.68. The molecule has 1 aliphatic rings. The molecule has 0 bridgehead atoms. The minimum absolute atomic E-state index is 0.117. The molecule has 0 saturated carbocycles. The molecule has 0 aromatic heterocycles. The van der Waals surface area contributed by atoms with Crippen molar-refractivity contribution >= 4 is 17.3 Å². The lowest BCUT2D eigenvalue weighted by Crippen LogP contribution is -2.13. The summed E-state index contributed by atoms with van der Waals surface area (Å²) < 4.78 is 5.29. The van der Waals surface area contributed by atoms with Gasteiger partial charge in [-0.2, -0.15) is 0 Å². The van der Waals surface area contributed by atoms with Crippen molar-refractivity contribution in [2.24, 2.45) is 0 Å². The topological polar surface area (TPSA) is 50.4 Å². The molecule has 0 fully saturated rings. The second-order valence-electron chi connectivity index (χ2n) is 5.21. The first-order valence-electron chi connectivity index (χ1n) is 7.00. The summed E-state index contributed by atoms with van der Waals surface area (Å²) in [6.45, 7) is 2.92. The Kier molecular flexibility index (Phi) is 3.52.